The Morgan fingerprint density at radius 1 is 0.574 bits per heavy atom. The topological polar surface area (TPSA) is 317 Å². The standard InChI is InChI=1S/C24H20N4O15S4/c29-20-5-4-14(44(32,33)7-6-43-47(40,41)42)10-17(20)27-28-19-11-18(21(30)12-22(19)31)26-25-13-8-16-15(24(9-13)46(37,38)39)2-1-3-23(16)45(34,35)36/h1-5,8-12,29-31H,6-7H2,(H,34,35,36)(H,37,38,39)(H,40,41,42). The van der Waals surface area contributed by atoms with Gasteiger partial charge in [-0.2, -0.15) is 30.4 Å². The molecule has 0 radical (unpaired) electrons. The van der Waals surface area contributed by atoms with Crippen LogP contribution in [0.3, 0.4) is 0 Å². The van der Waals surface area contributed by atoms with E-state index in [4.69, 9.17) is 4.55 Å². The number of phenols is 3. The highest BCUT2D eigenvalue weighted by Crippen LogP contribution is 2.41. The van der Waals surface area contributed by atoms with Crippen LogP contribution >= 0.6 is 0 Å². The van der Waals surface area contributed by atoms with Crippen LogP contribution in [-0.2, 0) is 44.7 Å². The average molecular weight is 733 g/mol. The van der Waals surface area contributed by atoms with E-state index in [1.165, 1.54) is 6.07 Å². The molecule has 0 amide bonds. The predicted octanol–water partition coefficient (Wildman–Crippen LogP) is 3.87. The summed E-state index contributed by atoms with van der Waals surface area (Å²) < 4.78 is 126. The molecule has 19 nitrogen and oxygen atoms in total. The number of nitrogens with zero attached hydrogens (tertiary/aromatic N) is 4. The first kappa shape index (κ1) is 35.2. The Labute approximate surface area is 265 Å². The van der Waals surface area contributed by atoms with Crippen molar-refractivity contribution in [2.45, 2.75) is 14.7 Å². The number of fused-ring (bicyclic) bond motifs is 1. The van der Waals surface area contributed by atoms with Crippen molar-refractivity contribution < 1.29 is 66.8 Å². The third-order valence-electron chi connectivity index (χ3n) is 5.96. The molecule has 6 N–H and O–H groups in total. The highest BCUT2D eigenvalue weighted by molar-refractivity contribution is 7.91. The second-order valence-electron chi connectivity index (χ2n) is 9.19. The van der Waals surface area contributed by atoms with Gasteiger partial charge in [0, 0.05) is 22.9 Å². The normalized spacial score (nSPS) is 13.2. The molecule has 0 aliphatic carbocycles. The number of azo groups is 2. The van der Waals surface area contributed by atoms with Crippen LogP contribution in [0, 0.1) is 0 Å². The lowest BCUT2D eigenvalue weighted by Crippen LogP contribution is -2.15. The number of aromatic hydroxyl groups is 3. The van der Waals surface area contributed by atoms with Gasteiger partial charge in [0.1, 0.15) is 44.1 Å². The molecule has 4 rings (SSSR count). The monoisotopic (exact) mass is 732 g/mol. The fourth-order valence-electron chi connectivity index (χ4n) is 3.88. The van der Waals surface area contributed by atoms with Gasteiger partial charge in [0.05, 0.1) is 22.9 Å². The van der Waals surface area contributed by atoms with Crippen LogP contribution < -0.4 is 0 Å². The van der Waals surface area contributed by atoms with Crippen molar-refractivity contribution >= 4 is 74.0 Å². The quantitative estimate of drug-likeness (QED) is 0.0941. The summed E-state index contributed by atoms with van der Waals surface area (Å²) in [5, 5.41) is 44.9. The molecular weight excluding hydrogens is 713 g/mol. The smallest absolute Gasteiger partial charge is 0.397 e. The van der Waals surface area contributed by atoms with Crippen molar-refractivity contribution in [2.75, 3.05) is 12.4 Å². The molecule has 4 aromatic rings. The molecule has 0 saturated carbocycles. The molecule has 23 heteroatoms. The van der Waals surface area contributed by atoms with E-state index in [0.717, 1.165) is 54.6 Å². The molecular formula is C24H20N4O15S4. The van der Waals surface area contributed by atoms with Gasteiger partial charge in [-0.05, 0) is 36.4 Å². The third-order valence-corrected chi connectivity index (χ3v) is 9.91. The van der Waals surface area contributed by atoms with E-state index >= 15 is 0 Å². The van der Waals surface area contributed by atoms with Crippen LogP contribution in [0.4, 0.5) is 22.7 Å². The number of rotatable bonds is 11. The summed E-state index contributed by atoms with van der Waals surface area (Å²) >= 11 is 0. The number of phenolic OH excluding ortho intramolecular Hbond substituents is 3. The van der Waals surface area contributed by atoms with Gasteiger partial charge < -0.3 is 15.3 Å². The molecule has 0 aliphatic heterocycles. The lowest BCUT2D eigenvalue weighted by molar-refractivity contribution is 0.284. The maximum absolute atomic E-state index is 12.5. The molecule has 0 unspecified atom stereocenters. The van der Waals surface area contributed by atoms with Gasteiger partial charge in [0.2, 0.25) is 0 Å². The van der Waals surface area contributed by atoms with Crippen LogP contribution in [-0.4, -0.2) is 75.0 Å². The van der Waals surface area contributed by atoms with Gasteiger partial charge in [-0.1, -0.05) is 12.1 Å². The number of hydrogen-bond donors (Lipinski definition) is 6. The molecule has 0 aromatic heterocycles. The Balaban J connectivity index is 1.71. The van der Waals surface area contributed by atoms with E-state index in [1.807, 2.05) is 0 Å². The Bertz CT molecular complexity index is 2410. The molecule has 0 spiro atoms. The van der Waals surface area contributed by atoms with E-state index in [2.05, 4.69) is 24.6 Å². The van der Waals surface area contributed by atoms with Crippen LogP contribution in [0.1, 0.15) is 0 Å². The summed E-state index contributed by atoms with van der Waals surface area (Å²) in [5.74, 6) is -2.84. The lowest BCUT2D eigenvalue weighted by atomic mass is 10.1. The molecule has 250 valence electrons. The first-order valence-corrected chi connectivity index (χ1v) is 18.1. The lowest BCUT2D eigenvalue weighted by Gasteiger charge is -2.09. The van der Waals surface area contributed by atoms with Gasteiger partial charge in [0.15, 0.2) is 9.84 Å². The fourth-order valence-corrected chi connectivity index (χ4v) is 6.81. The summed E-state index contributed by atoms with van der Waals surface area (Å²) in [7, 11) is -19.0. The first-order chi connectivity index (χ1) is 21.7. The van der Waals surface area contributed by atoms with Crippen LogP contribution in [0.25, 0.3) is 10.8 Å². The zero-order valence-corrected chi connectivity index (χ0v) is 26.2. The second-order valence-corrected chi connectivity index (χ2v) is 15.2. The molecule has 47 heavy (non-hydrogen) atoms. The Morgan fingerprint density at radius 2 is 1.15 bits per heavy atom. The van der Waals surface area contributed by atoms with E-state index in [-0.39, 0.29) is 16.5 Å². The molecule has 0 aliphatic rings. The molecule has 4 aromatic carbocycles. The van der Waals surface area contributed by atoms with Gasteiger partial charge in [-0.3, -0.25) is 13.7 Å². The SMILES string of the molecule is O=S(=O)(O)OCCS(=O)(=O)c1ccc(O)c(N=Nc2cc(N=Nc3cc(S(=O)(=O)O)c4cccc(S(=O)(=O)O)c4c3)c(O)cc2O)c1. The van der Waals surface area contributed by atoms with E-state index in [9.17, 15) is 58.1 Å². The fraction of sp³-hybridized carbons (Fsp3) is 0.0833. The molecule has 0 heterocycles. The Hall–Kier alpha value is -4.62. The number of benzene rings is 4. The van der Waals surface area contributed by atoms with Crippen molar-refractivity contribution in [1.82, 2.24) is 0 Å². The Morgan fingerprint density at radius 3 is 1.72 bits per heavy atom. The summed E-state index contributed by atoms with van der Waals surface area (Å²) in [6, 6.07) is 9.52. The van der Waals surface area contributed by atoms with E-state index in [0.29, 0.717) is 0 Å². The molecule has 0 atom stereocenters. The predicted molar refractivity (Wildman–Crippen MR) is 159 cm³/mol. The van der Waals surface area contributed by atoms with Crippen molar-refractivity contribution in [3.8, 4) is 17.2 Å². The maximum Gasteiger partial charge on any atom is 0.397 e. The Kier molecular flexibility index (Phi) is 9.66. The summed E-state index contributed by atoms with van der Waals surface area (Å²) in [4.78, 5) is -1.95. The van der Waals surface area contributed by atoms with Gasteiger partial charge in [-0.25, -0.2) is 12.6 Å². The van der Waals surface area contributed by atoms with Gasteiger partial charge in [-0.15, -0.1) is 15.3 Å². The zero-order chi connectivity index (χ0) is 34.9. The molecule has 0 saturated heterocycles. The highest BCUT2D eigenvalue weighted by Gasteiger charge is 2.22. The van der Waals surface area contributed by atoms with Crippen molar-refractivity contribution in [2.24, 2.45) is 20.5 Å². The summed E-state index contributed by atoms with van der Waals surface area (Å²) in [6.07, 6.45) is 0. The van der Waals surface area contributed by atoms with Crippen molar-refractivity contribution in [3.63, 3.8) is 0 Å². The minimum atomic E-state index is -4.96. The second kappa shape index (κ2) is 12.9. The number of sulfone groups is 1. The van der Waals surface area contributed by atoms with Crippen molar-refractivity contribution in [3.05, 3.63) is 60.7 Å². The largest absolute Gasteiger partial charge is 0.506 e. The highest BCUT2D eigenvalue weighted by atomic mass is 32.3. The van der Waals surface area contributed by atoms with Gasteiger partial charge >= 0.3 is 10.4 Å². The summed E-state index contributed by atoms with van der Waals surface area (Å²) in [5.41, 5.74) is -1.66. The minimum absolute atomic E-state index is 0.275. The van der Waals surface area contributed by atoms with E-state index < -0.39 is 102 Å². The molecule has 0 bridgehead atoms. The maximum atomic E-state index is 12.5. The van der Waals surface area contributed by atoms with E-state index in [1.54, 1.807) is 0 Å². The minimum Gasteiger partial charge on any atom is -0.506 e. The molecule has 0 fully saturated rings. The van der Waals surface area contributed by atoms with Crippen LogP contribution in [0.15, 0.2) is 95.8 Å². The van der Waals surface area contributed by atoms with Crippen LogP contribution in [0.2, 0.25) is 0 Å². The number of hydrogen-bond acceptors (Lipinski definition) is 16. The summed E-state index contributed by atoms with van der Waals surface area (Å²) in [6.45, 7) is -0.921. The van der Waals surface area contributed by atoms with Gasteiger partial charge in [0.25, 0.3) is 20.2 Å². The van der Waals surface area contributed by atoms with Crippen molar-refractivity contribution in [1.29, 1.82) is 0 Å². The average Bonchev–Trinajstić information content (AvgIpc) is 2.94. The first-order valence-electron chi connectivity index (χ1n) is 12.2. The zero-order valence-electron chi connectivity index (χ0n) is 23.0. The third kappa shape index (κ3) is 8.60. The van der Waals surface area contributed by atoms with Crippen LogP contribution in [0.5, 0.6) is 17.2 Å².